The predicted octanol–water partition coefficient (Wildman–Crippen LogP) is 1.98. The van der Waals surface area contributed by atoms with E-state index in [1.54, 1.807) is 18.2 Å². The molecule has 0 radical (unpaired) electrons. The Morgan fingerprint density at radius 1 is 1.29 bits per heavy atom. The summed E-state index contributed by atoms with van der Waals surface area (Å²) in [6.45, 7) is 0. The molecule has 0 saturated heterocycles. The van der Waals surface area contributed by atoms with Gasteiger partial charge < -0.3 is 15.4 Å². The molecule has 14 heavy (non-hydrogen) atoms. The van der Waals surface area contributed by atoms with Gasteiger partial charge in [0.15, 0.2) is 0 Å². The van der Waals surface area contributed by atoms with Crippen LogP contribution in [-0.4, -0.2) is 9.67 Å². The van der Waals surface area contributed by atoms with Crippen LogP contribution in [0.15, 0.2) is 36.5 Å². The van der Waals surface area contributed by atoms with Gasteiger partial charge in [-0.1, -0.05) is 12.1 Å². The van der Waals surface area contributed by atoms with E-state index in [0.29, 0.717) is 5.82 Å². The summed E-state index contributed by atoms with van der Waals surface area (Å²) in [5, 5.41) is 9.32. The van der Waals surface area contributed by atoms with Gasteiger partial charge in [-0.05, 0) is 23.8 Å². The molecule has 0 bridgehead atoms. The quantitative estimate of drug-likeness (QED) is 0.719. The third kappa shape index (κ3) is 1.33. The van der Waals surface area contributed by atoms with Crippen LogP contribution in [-0.2, 0) is 7.05 Å². The first-order valence-corrected chi connectivity index (χ1v) is 4.38. The Labute approximate surface area is 82.4 Å². The minimum atomic E-state index is 0.255. The average molecular weight is 188 g/mol. The van der Waals surface area contributed by atoms with Crippen molar-refractivity contribution in [3.05, 3.63) is 36.5 Å². The molecule has 0 unspecified atom stereocenters. The van der Waals surface area contributed by atoms with Gasteiger partial charge >= 0.3 is 0 Å². The number of nitrogen functional groups attached to an aromatic ring is 1. The molecule has 1 heterocycles. The second-order valence-electron chi connectivity index (χ2n) is 3.28. The highest BCUT2D eigenvalue weighted by atomic mass is 16.3. The Morgan fingerprint density at radius 3 is 2.64 bits per heavy atom. The Kier molecular flexibility index (Phi) is 1.93. The van der Waals surface area contributed by atoms with Gasteiger partial charge in [0, 0.05) is 18.8 Å². The second kappa shape index (κ2) is 3.10. The van der Waals surface area contributed by atoms with Crippen LogP contribution in [0.4, 0.5) is 5.82 Å². The molecule has 3 N–H and O–H groups in total. The minimum absolute atomic E-state index is 0.255. The lowest BCUT2D eigenvalue weighted by Gasteiger charge is -2.02. The van der Waals surface area contributed by atoms with E-state index in [9.17, 15) is 5.11 Å². The third-order valence-corrected chi connectivity index (χ3v) is 2.28. The van der Waals surface area contributed by atoms with Gasteiger partial charge in [-0.2, -0.15) is 0 Å². The van der Waals surface area contributed by atoms with Crippen molar-refractivity contribution in [3.8, 4) is 16.9 Å². The normalized spacial score (nSPS) is 10.4. The highest BCUT2D eigenvalue weighted by molar-refractivity contribution is 5.75. The number of hydrogen-bond acceptors (Lipinski definition) is 2. The highest BCUT2D eigenvalue weighted by Gasteiger charge is 2.05. The van der Waals surface area contributed by atoms with Crippen LogP contribution in [0.2, 0.25) is 0 Å². The fraction of sp³-hybridized carbons (Fsp3) is 0.0909. The number of aromatic hydroxyl groups is 1. The number of anilines is 1. The van der Waals surface area contributed by atoms with E-state index in [1.165, 1.54) is 0 Å². The zero-order chi connectivity index (χ0) is 10.1. The topological polar surface area (TPSA) is 51.2 Å². The van der Waals surface area contributed by atoms with Crippen LogP contribution in [0, 0.1) is 0 Å². The van der Waals surface area contributed by atoms with Gasteiger partial charge in [-0.3, -0.25) is 0 Å². The summed E-state index contributed by atoms with van der Waals surface area (Å²) in [5.41, 5.74) is 7.75. The molecule has 3 heteroatoms. The lowest BCUT2D eigenvalue weighted by Crippen LogP contribution is -1.95. The summed E-state index contributed by atoms with van der Waals surface area (Å²) < 4.78 is 1.85. The summed E-state index contributed by atoms with van der Waals surface area (Å²) >= 11 is 0. The van der Waals surface area contributed by atoms with Gasteiger partial charge in [0.25, 0.3) is 0 Å². The first-order valence-electron chi connectivity index (χ1n) is 4.38. The van der Waals surface area contributed by atoms with E-state index < -0.39 is 0 Å². The molecule has 72 valence electrons. The van der Waals surface area contributed by atoms with Crippen molar-refractivity contribution in [1.82, 2.24) is 4.57 Å². The zero-order valence-electron chi connectivity index (χ0n) is 7.94. The molecule has 0 fully saturated rings. The average Bonchev–Trinajstić information content (AvgIpc) is 2.48. The largest absolute Gasteiger partial charge is 0.508 e. The fourth-order valence-corrected chi connectivity index (χ4v) is 1.46. The molecule has 0 amide bonds. The van der Waals surface area contributed by atoms with Crippen LogP contribution >= 0.6 is 0 Å². The molecule has 3 nitrogen and oxygen atoms in total. The Hall–Kier alpha value is -1.90. The van der Waals surface area contributed by atoms with Crippen molar-refractivity contribution in [1.29, 1.82) is 0 Å². The Bertz CT molecular complexity index is 460. The fourth-order valence-electron chi connectivity index (χ4n) is 1.46. The maximum absolute atomic E-state index is 9.32. The monoisotopic (exact) mass is 188 g/mol. The number of nitrogens with two attached hydrogens (primary N) is 1. The SMILES string of the molecule is Cn1ccc(-c2cccc(O)c2)c1N. The van der Waals surface area contributed by atoms with Crippen LogP contribution in [0.3, 0.4) is 0 Å². The number of aromatic nitrogens is 1. The van der Waals surface area contributed by atoms with Gasteiger partial charge in [0.05, 0.1) is 0 Å². The standard InChI is InChI=1S/C11H12N2O/c1-13-6-5-10(11(13)12)8-3-2-4-9(14)7-8/h2-7,14H,12H2,1H3. The molecule has 0 spiro atoms. The number of rotatable bonds is 1. The third-order valence-electron chi connectivity index (χ3n) is 2.28. The maximum Gasteiger partial charge on any atom is 0.116 e. The van der Waals surface area contributed by atoms with Crippen molar-refractivity contribution in [2.24, 2.45) is 7.05 Å². The minimum Gasteiger partial charge on any atom is -0.508 e. The molecule has 1 aromatic heterocycles. The lowest BCUT2D eigenvalue weighted by atomic mass is 10.1. The van der Waals surface area contributed by atoms with Crippen molar-refractivity contribution in [3.63, 3.8) is 0 Å². The van der Waals surface area contributed by atoms with E-state index in [0.717, 1.165) is 11.1 Å². The summed E-state index contributed by atoms with van der Waals surface area (Å²) in [4.78, 5) is 0. The van der Waals surface area contributed by atoms with Crippen LogP contribution in [0.1, 0.15) is 0 Å². The molecule has 0 atom stereocenters. The summed E-state index contributed by atoms with van der Waals surface area (Å²) in [6.07, 6.45) is 1.90. The summed E-state index contributed by atoms with van der Waals surface area (Å²) in [5.74, 6) is 0.960. The molecule has 2 aromatic rings. The molecular formula is C11H12N2O. The van der Waals surface area contributed by atoms with Crippen LogP contribution in [0.25, 0.3) is 11.1 Å². The van der Waals surface area contributed by atoms with Gasteiger partial charge in [-0.25, -0.2) is 0 Å². The molecule has 0 aliphatic rings. The number of benzene rings is 1. The van der Waals surface area contributed by atoms with Crippen molar-refractivity contribution in [2.75, 3.05) is 5.73 Å². The zero-order valence-corrected chi connectivity index (χ0v) is 7.94. The summed E-state index contributed by atoms with van der Waals surface area (Å²) in [7, 11) is 1.89. The predicted molar refractivity (Wildman–Crippen MR) is 56.9 cm³/mol. The first kappa shape index (κ1) is 8.69. The van der Waals surface area contributed by atoms with E-state index in [1.807, 2.05) is 29.9 Å². The summed E-state index contributed by atoms with van der Waals surface area (Å²) in [6, 6.07) is 9.00. The molecule has 0 aliphatic heterocycles. The number of phenolic OH excluding ortho intramolecular Hbond substituents is 1. The highest BCUT2D eigenvalue weighted by Crippen LogP contribution is 2.28. The van der Waals surface area contributed by atoms with Crippen molar-refractivity contribution in [2.45, 2.75) is 0 Å². The molecular weight excluding hydrogens is 176 g/mol. The van der Waals surface area contributed by atoms with Crippen molar-refractivity contribution >= 4 is 5.82 Å². The Balaban J connectivity index is 2.55. The molecule has 2 rings (SSSR count). The van der Waals surface area contributed by atoms with E-state index >= 15 is 0 Å². The van der Waals surface area contributed by atoms with E-state index in [-0.39, 0.29) is 5.75 Å². The van der Waals surface area contributed by atoms with Crippen molar-refractivity contribution < 1.29 is 5.11 Å². The number of aryl methyl sites for hydroxylation is 1. The van der Waals surface area contributed by atoms with E-state index in [2.05, 4.69) is 0 Å². The van der Waals surface area contributed by atoms with Crippen LogP contribution in [0.5, 0.6) is 5.75 Å². The molecule has 0 aliphatic carbocycles. The van der Waals surface area contributed by atoms with Gasteiger partial charge in [0.1, 0.15) is 11.6 Å². The lowest BCUT2D eigenvalue weighted by molar-refractivity contribution is 0.475. The van der Waals surface area contributed by atoms with Crippen LogP contribution < -0.4 is 5.73 Å². The number of hydrogen-bond donors (Lipinski definition) is 2. The Morgan fingerprint density at radius 2 is 2.07 bits per heavy atom. The van der Waals surface area contributed by atoms with E-state index in [4.69, 9.17) is 5.73 Å². The molecule has 0 saturated carbocycles. The van der Waals surface area contributed by atoms with Gasteiger partial charge in [0.2, 0.25) is 0 Å². The van der Waals surface area contributed by atoms with Gasteiger partial charge in [-0.15, -0.1) is 0 Å². The first-order chi connectivity index (χ1) is 6.68. The second-order valence-corrected chi connectivity index (χ2v) is 3.28. The number of nitrogens with zero attached hydrogens (tertiary/aromatic N) is 1. The smallest absolute Gasteiger partial charge is 0.116 e. The number of phenols is 1. The maximum atomic E-state index is 9.32. The molecule has 1 aromatic carbocycles.